The third-order valence-electron chi connectivity index (χ3n) is 4.51. The summed E-state index contributed by atoms with van der Waals surface area (Å²) >= 11 is 1.65. The number of ketones is 1. The lowest BCUT2D eigenvalue weighted by Gasteiger charge is -2.10. The first-order valence-corrected chi connectivity index (χ1v) is 10.5. The summed E-state index contributed by atoms with van der Waals surface area (Å²) in [4.78, 5) is 19.6. The maximum Gasteiger partial charge on any atom is 0.195 e. The number of phenolic OH excluding ortho intramolecular Hbond substituents is 1. The molecule has 1 aromatic heterocycles. The monoisotopic (exact) mass is 386 g/mol. The molecule has 0 spiro atoms. The maximum atomic E-state index is 13.0. The normalized spacial score (nSPS) is 11.1. The Morgan fingerprint density at radius 2 is 1.78 bits per heavy atom. The lowest BCUT2D eigenvalue weighted by molar-refractivity contribution is 0.103. The van der Waals surface area contributed by atoms with E-state index >= 15 is 0 Å². The van der Waals surface area contributed by atoms with E-state index in [1.54, 1.807) is 36.2 Å². The van der Waals surface area contributed by atoms with Gasteiger partial charge in [-0.15, -0.1) is 11.8 Å². The second-order valence-corrected chi connectivity index (χ2v) is 8.29. The number of thioether (sulfide) groups is 1. The van der Waals surface area contributed by atoms with Gasteiger partial charge in [0.25, 0.3) is 0 Å². The molecule has 0 bridgehead atoms. The molecule has 0 amide bonds. The molecule has 0 fully saturated rings. The molecule has 4 nitrogen and oxygen atoms in total. The maximum absolute atomic E-state index is 13.0. The number of pyridine rings is 1. The number of nitrogens with zero attached hydrogens (tertiary/aromatic N) is 2. The van der Waals surface area contributed by atoms with Gasteiger partial charge in [-0.05, 0) is 88.5 Å². The summed E-state index contributed by atoms with van der Waals surface area (Å²) in [5.74, 6) is 1.18. The third kappa shape index (κ3) is 6.36. The van der Waals surface area contributed by atoms with Crippen molar-refractivity contribution in [1.82, 2.24) is 9.88 Å². The van der Waals surface area contributed by atoms with E-state index in [4.69, 9.17) is 0 Å². The van der Waals surface area contributed by atoms with Crippen molar-refractivity contribution in [3.8, 4) is 5.75 Å². The molecule has 5 heteroatoms. The number of hydrogen-bond acceptors (Lipinski definition) is 5. The SMILES string of the molecule is Cc1cc(C(=O)c2cccnc2SCCCCCCN(C)C)cc(C)c1O. The molecule has 1 N–H and O–H groups in total. The average Bonchev–Trinajstić information content (AvgIpc) is 2.64. The van der Waals surface area contributed by atoms with Gasteiger partial charge in [-0.1, -0.05) is 12.8 Å². The zero-order valence-electron chi connectivity index (χ0n) is 16.8. The molecule has 0 saturated heterocycles. The van der Waals surface area contributed by atoms with Crippen molar-refractivity contribution in [2.75, 3.05) is 26.4 Å². The predicted molar refractivity (Wildman–Crippen MR) is 113 cm³/mol. The zero-order valence-corrected chi connectivity index (χ0v) is 17.6. The lowest BCUT2D eigenvalue weighted by atomic mass is 9.99. The first-order valence-electron chi connectivity index (χ1n) is 9.47. The number of benzene rings is 1. The van der Waals surface area contributed by atoms with Gasteiger partial charge in [0.2, 0.25) is 0 Å². The van der Waals surface area contributed by atoms with Crippen LogP contribution in [0.5, 0.6) is 5.75 Å². The molecule has 146 valence electrons. The number of aryl methyl sites for hydroxylation is 2. The van der Waals surface area contributed by atoms with Crippen molar-refractivity contribution >= 4 is 17.5 Å². The molecule has 2 aromatic rings. The number of aromatic hydroxyl groups is 1. The summed E-state index contributed by atoms with van der Waals surface area (Å²) < 4.78 is 0. The van der Waals surface area contributed by atoms with E-state index < -0.39 is 0 Å². The highest BCUT2D eigenvalue weighted by molar-refractivity contribution is 7.99. The molecule has 1 aromatic carbocycles. The third-order valence-corrected chi connectivity index (χ3v) is 5.60. The van der Waals surface area contributed by atoms with Crippen LogP contribution in [0.25, 0.3) is 0 Å². The first kappa shape index (κ1) is 21.5. The van der Waals surface area contributed by atoms with Crippen molar-refractivity contribution < 1.29 is 9.90 Å². The molecular weight excluding hydrogens is 356 g/mol. The minimum atomic E-state index is -0.0391. The fourth-order valence-corrected chi connectivity index (χ4v) is 3.97. The van der Waals surface area contributed by atoms with Gasteiger partial charge in [-0.2, -0.15) is 0 Å². The molecule has 0 unspecified atom stereocenters. The van der Waals surface area contributed by atoms with Crippen molar-refractivity contribution in [2.45, 2.75) is 44.6 Å². The van der Waals surface area contributed by atoms with E-state index in [-0.39, 0.29) is 11.5 Å². The Labute approximate surface area is 167 Å². The van der Waals surface area contributed by atoms with Gasteiger partial charge in [0.05, 0.1) is 5.56 Å². The highest BCUT2D eigenvalue weighted by atomic mass is 32.2. The van der Waals surface area contributed by atoms with E-state index in [9.17, 15) is 9.90 Å². The van der Waals surface area contributed by atoms with Crippen LogP contribution in [-0.4, -0.2) is 47.2 Å². The van der Waals surface area contributed by atoms with Crippen LogP contribution in [0.15, 0.2) is 35.5 Å². The van der Waals surface area contributed by atoms with Crippen LogP contribution >= 0.6 is 11.8 Å². The van der Waals surface area contributed by atoms with Crippen LogP contribution in [-0.2, 0) is 0 Å². The van der Waals surface area contributed by atoms with E-state index in [0.29, 0.717) is 22.3 Å². The topological polar surface area (TPSA) is 53.4 Å². The van der Waals surface area contributed by atoms with E-state index in [2.05, 4.69) is 24.0 Å². The fraction of sp³-hybridized carbons (Fsp3) is 0.455. The molecule has 27 heavy (non-hydrogen) atoms. The Bertz CT molecular complexity index is 752. The van der Waals surface area contributed by atoms with Crippen LogP contribution in [0, 0.1) is 13.8 Å². The summed E-state index contributed by atoms with van der Waals surface area (Å²) in [7, 11) is 4.21. The van der Waals surface area contributed by atoms with E-state index in [1.165, 1.54) is 19.3 Å². The van der Waals surface area contributed by atoms with Gasteiger partial charge in [-0.3, -0.25) is 4.79 Å². The minimum absolute atomic E-state index is 0.0391. The Morgan fingerprint density at radius 3 is 2.44 bits per heavy atom. The van der Waals surface area contributed by atoms with Gasteiger partial charge in [0, 0.05) is 11.8 Å². The molecule has 0 atom stereocenters. The quantitative estimate of drug-likeness (QED) is 0.359. The average molecular weight is 387 g/mol. The Hall–Kier alpha value is -1.85. The van der Waals surface area contributed by atoms with Gasteiger partial charge in [-0.25, -0.2) is 4.98 Å². The highest BCUT2D eigenvalue weighted by Gasteiger charge is 2.16. The van der Waals surface area contributed by atoms with Crippen LogP contribution in [0.4, 0.5) is 0 Å². The van der Waals surface area contributed by atoms with Crippen molar-refractivity contribution in [3.63, 3.8) is 0 Å². The molecule has 0 aliphatic rings. The standard InChI is InChI=1S/C22H30N2O2S/c1-16-14-18(15-17(2)20(16)25)21(26)19-10-9-11-23-22(19)27-13-8-6-5-7-12-24(3)4/h9-11,14-15,25H,5-8,12-13H2,1-4H3. The fourth-order valence-electron chi connectivity index (χ4n) is 2.97. The molecule has 0 radical (unpaired) electrons. The largest absolute Gasteiger partial charge is 0.507 e. The molecule has 1 heterocycles. The highest BCUT2D eigenvalue weighted by Crippen LogP contribution is 2.27. The van der Waals surface area contributed by atoms with Gasteiger partial charge < -0.3 is 10.0 Å². The molecule has 0 aliphatic heterocycles. The zero-order chi connectivity index (χ0) is 19.8. The molecule has 0 saturated carbocycles. The number of phenols is 1. The van der Waals surface area contributed by atoms with Gasteiger partial charge in [0.1, 0.15) is 10.8 Å². The van der Waals surface area contributed by atoms with Crippen LogP contribution in [0.2, 0.25) is 0 Å². The second-order valence-electron chi connectivity index (χ2n) is 7.21. The molecular formula is C22H30N2O2S. The van der Waals surface area contributed by atoms with Crippen LogP contribution in [0.3, 0.4) is 0 Å². The molecule has 2 rings (SSSR count). The summed E-state index contributed by atoms with van der Waals surface area (Å²) in [6.07, 6.45) is 6.53. The number of carbonyl (C=O) groups is 1. The van der Waals surface area contributed by atoms with Crippen LogP contribution in [0.1, 0.15) is 52.7 Å². The van der Waals surface area contributed by atoms with E-state index in [1.807, 2.05) is 19.9 Å². The number of rotatable bonds is 10. The number of carbonyl (C=O) groups excluding carboxylic acids is 1. The first-order chi connectivity index (χ1) is 12.9. The Kier molecular flexibility index (Phi) is 8.32. The summed E-state index contributed by atoms with van der Waals surface area (Å²) in [5.41, 5.74) is 2.67. The number of hydrogen-bond donors (Lipinski definition) is 1. The summed E-state index contributed by atoms with van der Waals surface area (Å²) in [6.45, 7) is 4.76. The van der Waals surface area contributed by atoms with Gasteiger partial charge in [0.15, 0.2) is 5.78 Å². The van der Waals surface area contributed by atoms with E-state index in [0.717, 1.165) is 23.7 Å². The predicted octanol–water partition coefficient (Wildman–Crippen LogP) is 4.85. The van der Waals surface area contributed by atoms with Crippen LogP contribution < -0.4 is 0 Å². The smallest absolute Gasteiger partial charge is 0.195 e. The Morgan fingerprint density at radius 1 is 1.11 bits per heavy atom. The number of aromatic nitrogens is 1. The summed E-state index contributed by atoms with van der Waals surface area (Å²) in [5, 5.41) is 10.7. The minimum Gasteiger partial charge on any atom is -0.507 e. The van der Waals surface area contributed by atoms with Crippen molar-refractivity contribution in [2.24, 2.45) is 0 Å². The Balaban J connectivity index is 1.98. The summed E-state index contributed by atoms with van der Waals surface area (Å²) in [6, 6.07) is 7.14. The second kappa shape index (κ2) is 10.5. The number of unbranched alkanes of at least 4 members (excludes halogenated alkanes) is 3. The van der Waals surface area contributed by atoms with Crippen molar-refractivity contribution in [3.05, 3.63) is 52.7 Å². The molecule has 0 aliphatic carbocycles. The van der Waals surface area contributed by atoms with Crippen molar-refractivity contribution in [1.29, 1.82) is 0 Å². The lowest BCUT2D eigenvalue weighted by Crippen LogP contribution is -2.12. The van der Waals surface area contributed by atoms with Gasteiger partial charge >= 0.3 is 0 Å².